The molecule has 0 amide bonds. The Balaban J connectivity index is 0.00000100. The first-order chi connectivity index (χ1) is 36.2. The Kier molecular flexibility index (Phi) is 22.9. The van der Waals surface area contributed by atoms with Crippen LogP contribution in [-0.2, 0) is 17.1 Å². The minimum absolute atomic E-state index is 0. The molecule has 0 aliphatic heterocycles. The van der Waals surface area contributed by atoms with E-state index in [2.05, 4.69) is 253 Å². The zero-order valence-corrected chi connectivity index (χ0v) is 51.9. The molecule has 10 nitrogen and oxygen atoms in total. The number of benzene rings is 8. The Hall–Kier alpha value is -6.03. The molecule has 0 saturated carbocycles. The molecule has 0 fully saturated rings. The molecule has 8 aromatic carbocycles. The molecular weight excluding hydrogens is 1080 g/mol. The smallest absolute Gasteiger partial charge is 0.377 e. The standard InChI is InChI=1S/C60H68N4P2.2C2H3N.ClHO4.Cu/c1-37-29-47(30-38(2)57(37)61(9)10)65(48-31-39(3)58(62(11)12)40(4)32-48)53-27-25-45-21-17-19-23-51(45)55(53)56-52-24-20-18-22-46(52)26-28-54(56)66(49-33-41(5)59(63(13)14)42(6)34-49)50-35-43(7)60(64(15)16)44(8)36-50;2*1-2-3;2-1(3,4)5;/h17-36H,1-16H3;2*1H3;(H,2,3,4,5);/q;;;;+1/p-1. The van der Waals surface area contributed by atoms with E-state index in [0.29, 0.717) is 0 Å². The van der Waals surface area contributed by atoms with Crippen LogP contribution in [0.15, 0.2) is 121 Å². The summed E-state index contributed by atoms with van der Waals surface area (Å²) in [7, 11) is 10.2. The maximum Gasteiger partial charge on any atom is 1.00 e. The molecule has 0 atom stereocenters. The van der Waals surface area contributed by atoms with Crippen molar-refractivity contribution in [3.63, 3.8) is 0 Å². The van der Waals surface area contributed by atoms with Crippen molar-refractivity contribution >= 4 is 92.0 Å². The quantitative estimate of drug-likeness (QED) is 0.0916. The second kappa shape index (κ2) is 27.7. The molecular formula is C64H74ClCuN6O4P2. The molecule has 0 N–H and O–H groups in total. The third-order valence-electron chi connectivity index (χ3n) is 13.3. The van der Waals surface area contributed by atoms with Gasteiger partial charge < -0.3 is 19.6 Å². The summed E-state index contributed by atoms with van der Waals surface area (Å²) in [6.07, 6.45) is 0. The van der Waals surface area contributed by atoms with Crippen molar-refractivity contribution in [1.82, 2.24) is 0 Å². The summed E-state index contributed by atoms with van der Waals surface area (Å²) in [5.74, 6) is 0. The van der Waals surface area contributed by atoms with Gasteiger partial charge in [-0.25, -0.2) is 18.6 Å². The minimum atomic E-state index is -4.94. The van der Waals surface area contributed by atoms with E-state index in [4.69, 9.17) is 29.2 Å². The Bertz CT molecular complexity index is 3060. The van der Waals surface area contributed by atoms with Crippen LogP contribution in [-0.4, -0.2) is 56.4 Å². The van der Waals surface area contributed by atoms with Crippen molar-refractivity contribution in [2.24, 2.45) is 0 Å². The molecule has 0 aliphatic rings. The zero-order valence-electron chi connectivity index (χ0n) is 48.4. The number of hydrogen-bond acceptors (Lipinski definition) is 10. The van der Waals surface area contributed by atoms with E-state index < -0.39 is 26.1 Å². The number of halogens is 1. The number of anilines is 4. The molecule has 0 heterocycles. The van der Waals surface area contributed by atoms with Gasteiger partial charge in [-0.1, -0.05) is 72.8 Å². The number of fused-ring (bicyclic) bond motifs is 2. The van der Waals surface area contributed by atoms with Gasteiger partial charge in [0.2, 0.25) is 0 Å². The SMILES string of the molecule is CC#N.CC#N.Cc1cc(P(c2cc(C)c(N(C)C)c(C)c2)c2ccc3ccccc3c2-c2c(P(c3cc(C)c(N(C)C)c(C)c3)c3cc(C)c(N(C)C)c(C)c3)ccc3ccccc23)cc(C)c1N(C)C.[Cu+].[O-][Cl+3]([O-])([O-])[O-]. The summed E-state index contributed by atoms with van der Waals surface area (Å²) in [6.45, 7) is 21.2. The van der Waals surface area contributed by atoms with Crippen molar-refractivity contribution in [2.45, 2.75) is 69.2 Å². The van der Waals surface area contributed by atoms with Crippen LogP contribution >= 0.6 is 15.8 Å². The van der Waals surface area contributed by atoms with Crippen molar-refractivity contribution in [2.75, 3.05) is 76.0 Å². The molecule has 0 radical (unpaired) electrons. The normalized spacial score (nSPS) is 10.8. The third-order valence-corrected chi connectivity index (χ3v) is 18.1. The fourth-order valence-electron chi connectivity index (χ4n) is 11.3. The van der Waals surface area contributed by atoms with E-state index in [9.17, 15) is 0 Å². The average Bonchev–Trinajstić information content (AvgIpc) is 3.30. The van der Waals surface area contributed by atoms with Crippen LogP contribution in [0.4, 0.5) is 22.7 Å². The van der Waals surface area contributed by atoms with E-state index in [0.717, 1.165) is 0 Å². The van der Waals surface area contributed by atoms with Gasteiger partial charge in [-0.05, 0) is 229 Å². The maximum atomic E-state index is 8.49. The van der Waals surface area contributed by atoms with Crippen molar-refractivity contribution < 1.29 is 45.9 Å². The minimum Gasteiger partial charge on any atom is -0.377 e. The second-order valence-corrected chi connectivity index (χ2v) is 25.3. The summed E-state index contributed by atoms with van der Waals surface area (Å²) in [4.78, 5) is 9.08. The second-order valence-electron chi connectivity index (χ2n) is 20.1. The summed E-state index contributed by atoms with van der Waals surface area (Å²) in [5.41, 5.74) is 18.3. The molecule has 78 heavy (non-hydrogen) atoms. The molecule has 0 bridgehead atoms. The molecule has 8 aromatic rings. The van der Waals surface area contributed by atoms with Crippen molar-refractivity contribution in [3.05, 3.63) is 166 Å². The molecule has 0 aliphatic carbocycles. The summed E-state index contributed by atoms with van der Waals surface area (Å²) in [6, 6.07) is 51.4. The molecule has 0 unspecified atom stereocenters. The van der Waals surface area contributed by atoms with Crippen molar-refractivity contribution in [3.8, 4) is 23.3 Å². The molecule has 0 spiro atoms. The van der Waals surface area contributed by atoms with Gasteiger partial charge in [-0.15, -0.1) is 10.2 Å². The summed E-state index contributed by atoms with van der Waals surface area (Å²) in [5, 5.41) is 28.0. The molecule has 412 valence electrons. The van der Waals surface area contributed by atoms with Crippen molar-refractivity contribution in [1.29, 1.82) is 10.5 Å². The number of nitriles is 2. The predicted molar refractivity (Wildman–Crippen MR) is 322 cm³/mol. The number of nitrogens with zero attached hydrogens (tertiary/aromatic N) is 6. The monoisotopic (exact) mass is 1150 g/mol. The first kappa shape index (κ1) is 64.5. The van der Waals surface area contributed by atoms with E-state index in [1.54, 1.807) is 12.1 Å². The Labute approximate surface area is 479 Å². The summed E-state index contributed by atoms with van der Waals surface area (Å²) >= 11 is 0. The van der Waals surface area contributed by atoms with Crippen LogP contribution in [0.25, 0.3) is 32.7 Å². The number of aryl methyl sites for hydroxylation is 8. The molecule has 0 aromatic heterocycles. The molecule has 8 rings (SSSR count). The van der Waals surface area contributed by atoms with Gasteiger partial charge in [0.25, 0.3) is 0 Å². The first-order valence-corrected chi connectivity index (χ1v) is 29.1. The van der Waals surface area contributed by atoms with E-state index in [-0.39, 0.29) is 17.1 Å². The third kappa shape index (κ3) is 14.8. The van der Waals surface area contributed by atoms with Gasteiger partial charge in [-0.3, -0.25) is 0 Å². The molecule has 0 saturated heterocycles. The van der Waals surface area contributed by atoms with Crippen LogP contribution in [0.1, 0.15) is 58.4 Å². The van der Waals surface area contributed by atoms with Gasteiger partial charge in [0, 0.05) is 93.0 Å². The zero-order chi connectivity index (χ0) is 57.4. The Morgan fingerprint density at radius 3 is 0.756 bits per heavy atom. The van der Waals surface area contributed by atoms with E-state index >= 15 is 0 Å². The van der Waals surface area contributed by atoms with Gasteiger partial charge in [-0.2, -0.15) is 10.5 Å². The number of hydrogen-bond donors (Lipinski definition) is 0. The van der Waals surface area contributed by atoms with E-state index in [1.165, 1.54) is 146 Å². The van der Waals surface area contributed by atoms with Crippen LogP contribution in [0, 0.1) is 88.3 Å². The van der Waals surface area contributed by atoms with Crippen LogP contribution in [0.2, 0.25) is 0 Å². The average molecular weight is 1150 g/mol. The van der Waals surface area contributed by atoms with E-state index in [1.807, 2.05) is 0 Å². The van der Waals surface area contributed by atoms with Gasteiger partial charge >= 0.3 is 17.1 Å². The van der Waals surface area contributed by atoms with Gasteiger partial charge in [0.05, 0.1) is 12.1 Å². The maximum absolute atomic E-state index is 8.49. The topological polar surface area (TPSA) is 153 Å². The predicted octanol–water partition coefficient (Wildman–Crippen LogP) is 8.21. The van der Waals surface area contributed by atoms with Gasteiger partial charge in [0.1, 0.15) is 0 Å². The number of rotatable bonds is 11. The Morgan fingerprint density at radius 2 is 0.564 bits per heavy atom. The fraction of sp³-hybridized carbons (Fsp3) is 0.281. The largest absolute Gasteiger partial charge is 1.00 e. The van der Waals surface area contributed by atoms with Crippen LogP contribution in [0.3, 0.4) is 0 Å². The first-order valence-electron chi connectivity index (χ1n) is 25.2. The van der Waals surface area contributed by atoms with Gasteiger partial charge in [0.15, 0.2) is 0 Å². The molecule has 14 heteroatoms. The summed E-state index contributed by atoms with van der Waals surface area (Å²) < 4.78 is 34.0. The Morgan fingerprint density at radius 1 is 0.372 bits per heavy atom. The van der Waals surface area contributed by atoms with Crippen LogP contribution < -0.4 is 70.1 Å². The van der Waals surface area contributed by atoms with Crippen LogP contribution in [0.5, 0.6) is 0 Å². The fourth-order valence-corrected chi connectivity index (χ4v) is 17.0.